The second-order valence-electron chi connectivity index (χ2n) is 2.45. The third-order valence-electron chi connectivity index (χ3n) is 1.55. The van der Waals surface area contributed by atoms with E-state index in [1.165, 1.54) is 18.2 Å². The number of benzene rings is 1. The molecule has 0 radical (unpaired) electrons. The van der Waals surface area contributed by atoms with Crippen molar-refractivity contribution in [2.75, 3.05) is 0 Å². The first-order chi connectivity index (χ1) is 5.54. The fourth-order valence-electron chi connectivity index (χ4n) is 0.850. The van der Waals surface area contributed by atoms with Crippen molar-refractivity contribution in [1.29, 1.82) is 0 Å². The minimum Gasteiger partial charge on any atom is -0.445 e. The maximum Gasteiger partial charge on any atom is 1.00 e. The molecule has 0 saturated carbocycles. The van der Waals surface area contributed by atoms with E-state index < -0.39 is 12.4 Å². The summed E-state index contributed by atoms with van der Waals surface area (Å²) in [5.41, 5.74) is 0.124. The Kier molecular flexibility index (Phi) is 5.55. The van der Waals surface area contributed by atoms with Crippen LogP contribution in [0.15, 0.2) is 30.8 Å². The normalized spacial score (nSPS) is 10.4. The molecule has 0 heterocycles. The van der Waals surface area contributed by atoms with Gasteiger partial charge in [0, 0.05) is 0 Å². The molecule has 0 atom stereocenters. The first kappa shape index (κ1) is 13.5. The van der Waals surface area contributed by atoms with Crippen molar-refractivity contribution in [1.82, 2.24) is 0 Å². The Morgan fingerprint density at radius 2 is 1.54 bits per heavy atom. The van der Waals surface area contributed by atoms with Crippen molar-refractivity contribution in [2.24, 2.45) is 0 Å². The van der Waals surface area contributed by atoms with Crippen LogP contribution in [-0.2, 0) is 0 Å². The van der Waals surface area contributed by atoms with Crippen LogP contribution in [0.3, 0.4) is 0 Å². The van der Waals surface area contributed by atoms with E-state index in [1.807, 2.05) is 0 Å². The molecule has 0 spiro atoms. The summed E-state index contributed by atoms with van der Waals surface area (Å²) < 4.78 is 36.2. The topological polar surface area (TPSA) is 0 Å². The monoisotopic (exact) mass is 210 g/mol. The van der Waals surface area contributed by atoms with Gasteiger partial charge in [0.2, 0.25) is 0 Å². The number of halogens is 3. The van der Waals surface area contributed by atoms with Crippen LogP contribution in [0.1, 0.15) is 5.56 Å². The molecule has 0 nitrogen and oxygen atoms in total. The predicted octanol–water partition coefficient (Wildman–Crippen LogP) is -0.612. The van der Waals surface area contributed by atoms with Crippen LogP contribution in [-0.4, -0.2) is 6.98 Å². The van der Waals surface area contributed by atoms with Crippen LogP contribution in [0.5, 0.6) is 0 Å². The molecule has 1 aromatic rings. The van der Waals surface area contributed by atoms with Gasteiger partial charge in [0.1, 0.15) is 0 Å². The predicted molar refractivity (Wildman–Crippen MR) is 45.2 cm³/mol. The van der Waals surface area contributed by atoms with E-state index in [-0.39, 0.29) is 51.4 Å². The number of hydrogen-bond donors (Lipinski definition) is 0. The maximum atomic E-state index is 12.1. The van der Waals surface area contributed by atoms with Crippen LogP contribution in [0.4, 0.5) is 12.9 Å². The van der Waals surface area contributed by atoms with Gasteiger partial charge in [-0.2, -0.15) is 0 Å². The molecule has 1 rings (SSSR count). The summed E-state index contributed by atoms with van der Waals surface area (Å²) in [4.78, 5) is 0. The minimum atomic E-state index is -4.86. The summed E-state index contributed by atoms with van der Waals surface area (Å²) >= 11 is 0. The fraction of sp³-hybridized carbons (Fsp3) is 0. The summed E-state index contributed by atoms with van der Waals surface area (Å²) in [7, 11) is 0. The van der Waals surface area contributed by atoms with Gasteiger partial charge in [0.25, 0.3) is 0 Å². The van der Waals surface area contributed by atoms with E-state index in [2.05, 4.69) is 6.58 Å². The molecule has 5 heteroatoms. The molecule has 0 aliphatic carbocycles. The van der Waals surface area contributed by atoms with Crippen molar-refractivity contribution in [3.63, 3.8) is 0 Å². The van der Waals surface area contributed by atoms with Crippen molar-refractivity contribution in [2.45, 2.75) is 0 Å². The standard InChI is InChI=1S/C8H7BF3.K/c1-2-7-3-5-8(6-4-7)9(10,11)12;/h2-6H,1H2;/q-1;+1. The zero-order chi connectivity index (χ0) is 9.19. The first-order valence-corrected chi connectivity index (χ1v) is 3.46. The number of rotatable bonds is 2. The molecule has 0 saturated heterocycles. The van der Waals surface area contributed by atoms with Crippen molar-refractivity contribution in [3.8, 4) is 0 Å². The second kappa shape index (κ2) is 5.36. The molecule has 64 valence electrons. The Bertz CT molecular complexity index is 278. The van der Waals surface area contributed by atoms with Crippen LogP contribution in [0, 0.1) is 0 Å². The van der Waals surface area contributed by atoms with Gasteiger partial charge in [0.15, 0.2) is 0 Å². The van der Waals surface area contributed by atoms with E-state index in [0.29, 0.717) is 5.56 Å². The summed E-state index contributed by atoms with van der Waals surface area (Å²) in [5.74, 6) is 0. The zero-order valence-corrected chi connectivity index (χ0v) is 10.4. The average Bonchev–Trinajstić information content (AvgIpc) is 2.03. The van der Waals surface area contributed by atoms with Crippen LogP contribution < -0.4 is 56.8 Å². The molecule has 0 amide bonds. The van der Waals surface area contributed by atoms with E-state index in [4.69, 9.17) is 0 Å². The molecule has 0 N–H and O–H groups in total. The second-order valence-corrected chi connectivity index (χ2v) is 2.45. The van der Waals surface area contributed by atoms with Gasteiger partial charge in [-0.15, -0.1) is 5.46 Å². The van der Waals surface area contributed by atoms with Gasteiger partial charge in [-0.3, -0.25) is 0 Å². The maximum absolute atomic E-state index is 12.1. The van der Waals surface area contributed by atoms with Gasteiger partial charge in [-0.25, -0.2) is 0 Å². The summed E-state index contributed by atoms with van der Waals surface area (Å²) in [5, 5.41) is 0. The third-order valence-corrected chi connectivity index (χ3v) is 1.55. The Morgan fingerprint density at radius 1 is 1.08 bits per heavy atom. The molecule has 0 bridgehead atoms. The molecule has 0 fully saturated rings. The Morgan fingerprint density at radius 3 is 1.85 bits per heavy atom. The summed E-state index contributed by atoms with van der Waals surface area (Å²) in [6.45, 7) is -1.41. The van der Waals surface area contributed by atoms with Gasteiger partial charge < -0.3 is 12.9 Å². The largest absolute Gasteiger partial charge is 1.00 e. The molecular formula is C8H7BF3K. The molecule has 13 heavy (non-hydrogen) atoms. The minimum absolute atomic E-state index is 0. The van der Waals surface area contributed by atoms with Crippen LogP contribution >= 0.6 is 0 Å². The van der Waals surface area contributed by atoms with E-state index in [9.17, 15) is 12.9 Å². The van der Waals surface area contributed by atoms with Crippen LogP contribution in [0.25, 0.3) is 6.08 Å². The summed E-state index contributed by atoms with van der Waals surface area (Å²) in [6.07, 6.45) is 1.51. The van der Waals surface area contributed by atoms with Gasteiger partial charge in [0.05, 0.1) is 0 Å². The zero-order valence-electron chi connectivity index (χ0n) is 7.31. The molecule has 1 aromatic carbocycles. The fourth-order valence-corrected chi connectivity index (χ4v) is 0.850. The van der Waals surface area contributed by atoms with Crippen molar-refractivity contribution >= 4 is 18.5 Å². The van der Waals surface area contributed by atoms with E-state index in [1.54, 1.807) is 0 Å². The van der Waals surface area contributed by atoms with E-state index in [0.717, 1.165) is 12.1 Å². The molecule has 0 aromatic heterocycles. The third kappa shape index (κ3) is 3.99. The van der Waals surface area contributed by atoms with E-state index >= 15 is 0 Å². The van der Waals surface area contributed by atoms with Gasteiger partial charge in [-0.05, 0) is 5.56 Å². The Hall–Kier alpha value is 0.451. The quantitative estimate of drug-likeness (QED) is 0.571. The molecule has 0 unspecified atom stereocenters. The SMILES string of the molecule is C=Cc1ccc([B-](F)(F)F)cc1.[K+]. The molecule has 0 aliphatic rings. The smallest absolute Gasteiger partial charge is 0.445 e. The first-order valence-electron chi connectivity index (χ1n) is 3.46. The van der Waals surface area contributed by atoms with Crippen molar-refractivity contribution in [3.05, 3.63) is 36.4 Å². The van der Waals surface area contributed by atoms with Gasteiger partial charge in [-0.1, -0.05) is 36.9 Å². The Labute approximate surface area is 118 Å². The average molecular weight is 210 g/mol. The van der Waals surface area contributed by atoms with Gasteiger partial charge >= 0.3 is 58.4 Å². The molecule has 0 aliphatic heterocycles. The van der Waals surface area contributed by atoms with Crippen LogP contribution in [0.2, 0.25) is 0 Å². The Balaban J connectivity index is 0.00000144. The molecular weight excluding hydrogens is 203 g/mol. The number of hydrogen-bond acceptors (Lipinski definition) is 0. The van der Waals surface area contributed by atoms with Crippen molar-refractivity contribution < 1.29 is 64.3 Å². The summed E-state index contributed by atoms with van der Waals surface area (Å²) in [6, 6.07) is 4.93.